The van der Waals surface area contributed by atoms with Crippen LogP contribution in [0.3, 0.4) is 0 Å². The number of ether oxygens (including phenoxy) is 1. The van der Waals surface area contributed by atoms with E-state index < -0.39 is 0 Å². The van der Waals surface area contributed by atoms with Gasteiger partial charge in [0.1, 0.15) is 17.3 Å². The third-order valence-corrected chi connectivity index (χ3v) is 5.56. The van der Waals surface area contributed by atoms with Crippen molar-refractivity contribution < 1.29 is 18.7 Å². The summed E-state index contributed by atoms with van der Waals surface area (Å²) in [5.41, 5.74) is 2.64. The lowest BCUT2D eigenvalue weighted by atomic mass is 10.1. The average Bonchev–Trinajstić information content (AvgIpc) is 3.22. The number of hydrogen-bond donors (Lipinski definition) is 1. The van der Waals surface area contributed by atoms with E-state index >= 15 is 0 Å². The van der Waals surface area contributed by atoms with Crippen molar-refractivity contribution in [3.63, 3.8) is 0 Å². The molecule has 0 atom stereocenters. The third kappa shape index (κ3) is 5.14. The van der Waals surface area contributed by atoms with Crippen LogP contribution in [0.5, 0.6) is 5.75 Å². The van der Waals surface area contributed by atoms with E-state index in [0.29, 0.717) is 29.5 Å². The van der Waals surface area contributed by atoms with Gasteiger partial charge in [-0.25, -0.2) is 0 Å². The first kappa shape index (κ1) is 22.0. The molecule has 0 aliphatic carbocycles. The number of anilines is 1. The molecule has 0 unspecified atom stereocenters. The number of fused-ring (bicyclic) bond motifs is 1. The molecule has 1 aliphatic heterocycles. The van der Waals surface area contributed by atoms with E-state index in [1.165, 1.54) is 0 Å². The molecule has 0 fully saturated rings. The Kier molecular flexibility index (Phi) is 6.51. The van der Waals surface area contributed by atoms with Gasteiger partial charge in [-0.05, 0) is 54.6 Å². The quantitative estimate of drug-likeness (QED) is 0.560. The van der Waals surface area contributed by atoms with Crippen molar-refractivity contribution in [2.45, 2.75) is 26.8 Å². The second-order valence-electron chi connectivity index (χ2n) is 8.09. The zero-order valence-electron chi connectivity index (χ0n) is 18.1. The molecule has 2 heterocycles. The molecule has 0 saturated carbocycles. The predicted molar refractivity (Wildman–Crippen MR) is 124 cm³/mol. The molecule has 2 aromatic carbocycles. The van der Waals surface area contributed by atoms with E-state index in [2.05, 4.69) is 5.32 Å². The fourth-order valence-electron chi connectivity index (χ4n) is 3.62. The van der Waals surface area contributed by atoms with Crippen LogP contribution in [0.25, 0.3) is 11.3 Å². The Hall–Kier alpha value is -3.25. The highest BCUT2D eigenvalue weighted by atomic mass is 35.5. The van der Waals surface area contributed by atoms with Gasteiger partial charge in [-0.3, -0.25) is 9.59 Å². The molecule has 32 heavy (non-hydrogen) atoms. The lowest BCUT2D eigenvalue weighted by Crippen LogP contribution is -2.37. The molecule has 7 heteroatoms. The van der Waals surface area contributed by atoms with Crippen LogP contribution in [0.2, 0.25) is 5.02 Å². The smallest absolute Gasteiger partial charge is 0.262 e. The maximum absolute atomic E-state index is 12.3. The van der Waals surface area contributed by atoms with Crippen molar-refractivity contribution in [2.24, 2.45) is 5.92 Å². The zero-order chi connectivity index (χ0) is 22.7. The summed E-state index contributed by atoms with van der Waals surface area (Å²) in [7, 11) is 0. The molecule has 1 N–H and O–H groups in total. The first-order valence-corrected chi connectivity index (χ1v) is 11.0. The van der Waals surface area contributed by atoms with E-state index in [0.717, 1.165) is 29.1 Å². The van der Waals surface area contributed by atoms with Crippen molar-refractivity contribution in [2.75, 3.05) is 18.5 Å². The number of nitrogens with one attached hydrogen (secondary N) is 1. The van der Waals surface area contributed by atoms with Crippen molar-refractivity contribution in [1.82, 2.24) is 4.90 Å². The van der Waals surface area contributed by atoms with Crippen molar-refractivity contribution >= 4 is 29.1 Å². The number of benzene rings is 2. The van der Waals surface area contributed by atoms with Gasteiger partial charge < -0.3 is 19.4 Å². The van der Waals surface area contributed by atoms with Crippen LogP contribution in [-0.2, 0) is 22.6 Å². The summed E-state index contributed by atoms with van der Waals surface area (Å²) in [4.78, 5) is 26.3. The van der Waals surface area contributed by atoms with Gasteiger partial charge in [-0.15, -0.1) is 0 Å². The van der Waals surface area contributed by atoms with Crippen molar-refractivity contribution in [3.8, 4) is 17.1 Å². The first-order valence-electron chi connectivity index (χ1n) is 10.6. The first-order chi connectivity index (χ1) is 15.4. The zero-order valence-corrected chi connectivity index (χ0v) is 18.8. The Bertz CT molecular complexity index is 1100. The Morgan fingerprint density at radius 3 is 2.53 bits per heavy atom. The molecule has 0 spiro atoms. The van der Waals surface area contributed by atoms with Crippen molar-refractivity contribution in [3.05, 3.63) is 70.9 Å². The van der Waals surface area contributed by atoms with E-state index in [1.54, 1.807) is 24.3 Å². The minimum absolute atomic E-state index is 0.0118. The highest BCUT2D eigenvalue weighted by Gasteiger charge is 2.25. The number of amides is 2. The molecule has 1 aliphatic rings. The molecule has 4 rings (SSSR count). The molecule has 3 aromatic rings. The number of hydrogen-bond acceptors (Lipinski definition) is 4. The SMILES string of the molecule is CC(C)C(=O)N1CCc2oc(-c3ccc(NC(=O)COc4ccc(Cl)cc4)cc3)cc2C1. The minimum atomic E-state index is -0.254. The monoisotopic (exact) mass is 452 g/mol. The summed E-state index contributed by atoms with van der Waals surface area (Å²) in [5, 5.41) is 3.43. The van der Waals surface area contributed by atoms with E-state index in [9.17, 15) is 9.59 Å². The van der Waals surface area contributed by atoms with Crippen LogP contribution in [0.1, 0.15) is 25.2 Å². The number of rotatable bonds is 6. The number of carbonyl (C=O) groups is 2. The van der Waals surface area contributed by atoms with Crippen LogP contribution >= 0.6 is 11.6 Å². The van der Waals surface area contributed by atoms with Gasteiger partial charge in [0, 0.05) is 47.3 Å². The fraction of sp³-hybridized carbons (Fsp3) is 0.280. The lowest BCUT2D eigenvalue weighted by molar-refractivity contribution is -0.135. The van der Waals surface area contributed by atoms with E-state index in [-0.39, 0.29) is 24.3 Å². The fourth-order valence-corrected chi connectivity index (χ4v) is 3.75. The maximum Gasteiger partial charge on any atom is 0.262 e. The number of carbonyl (C=O) groups excluding carboxylic acids is 2. The molecule has 166 valence electrons. The Morgan fingerprint density at radius 2 is 1.84 bits per heavy atom. The van der Waals surface area contributed by atoms with Gasteiger partial charge in [0.25, 0.3) is 5.91 Å². The van der Waals surface area contributed by atoms with E-state index in [1.807, 2.05) is 49.1 Å². The molecular formula is C25H25ClN2O4. The Balaban J connectivity index is 1.35. The highest BCUT2D eigenvalue weighted by Crippen LogP contribution is 2.30. The summed E-state index contributed by atoms with van der Waals surface area (Å²) >= 11 is 5.84. The molecule has 0 bridgehead atoms. The highest BCUT2D eigenvalue weighted by molar-refractivity contribution is 6.30. The van der Waals surface area contributed by atoms with Gasteiger partial charge >= 0.3 is 0 Å². The molecule has 0 radical (unpaired) electrons. The van der Waals surface area contributed by atoms with Crippen molar-refractivity contribution in [1.29, 1.82) is 0 Å². The largest absolute Gasteiger partial charge is 0.484 e. The van der Waals surface area contributed by atoms with Crippen LogP contribution < -0.4 is 10.1 Å². The predicted octanol–water partition coefficient (Wildman–Crippen LogP) is 5.16. The Morgan fingerprint density at radius 1 is 1.12 bits per heavy atom. The second-order valence-corrected chi connectivity index (χ2v) is 8.53. The lowest BCUT2D eigenvalue weighted by Gasteiger charge is -2.27. The van der Waals surface area contributed by atoms with Crippen LogP contribution in [0, 0.1) is 5.92 Å². The van der Waals surface area contributed by atoms with Gasteiger partial charge in [0.15, 0.2) is 6.61 Å². The second kappa shape index (κ2) is 9.49. The number of halogens is 1. The van der Waals surface area contributed by atoms with Crippen LogP contribution in [0.15, 0.2) is 59.0 Å². The average molecular weight is 453 g/mol. The number of furan rings is 1. The molecule has 6 nitrogen and oxygen atoms in total. The van der Waals surface area contributed by atoms with Crippen LogP contribution in [-0.4, -0.2) is 29.9 Å². The summed E-state index contributed by atoms with van der Waals surface area (Å²) < 4.78 is 11.5. The van der Waals surface area contributed by atoms with Gasteiger partial charge in [-0.2, -0.15) is 0 Å². The molecule has 0 saturated heterocycles. The topological polar surface area (TPSA) is 71.8 Å². The molecular weight excluding hydrogens is 428 g/mol. The normalized spacial score (nSPS) is 13.1. The Labute approximate surface area is 192 Å². The van der Waals surface area contributed by atoms with Gasteiger partial charge in [0.05, 0.1) is 0 Å². The minimum Gasteiger partial charge on any atom is -0.484 e. The van der Waals surface area contributed by atoms with Gasteiger partial charge in [0.2, 0.25) is 5.91 Å². The summed E-state index contributed by atoms with van der Waals surface area (Å²) in [5.74, 6) is 2.18. The third-order valence-electron chi connectivity index (χ3n) is 5.31. The summed E-state index contributed by atoms with van der Waals surface area (Å²) in [6, 6.07) is 16.3. The molecule has 2 amide bonds. The summed E-state index contributed by atoms with van der Waals surface area (Å²) in [6.45, 7) is 5.00. The number of nitrogens with zero attached hydrogens (tertiary/aromatic N) is 1. The molecule has 1 aromatic heterocycles. The van der Waals surface area contributed by atoms with Gasteiger partial charge in [-0.1, -0.05) is 25.4 Å². The maximum atomic E-state index is 12.3. The van der Waals surface area contributed by atoms with Crippen LogP contribution in [0.4, 0.5) is 5.69 Å². The van der Waals surface area contributed by atoms with E-state index in [4.69, 9.17) is 20.8 Å². The standard InChI is InChI=1S/C25H25ClN2O4/c1-16(2)25(30)28-12-11-22-18(14-28)13-23(32-22)17-3-7-20(8-4-17)27-24(29)15-31-21-9-5-19(26)6-10-21/h3-10,13,16H,11-12,14-15H2,1-2H3,(H,27,29). The summed E-state index contributed by atoms with van der Waals surface area (Å²) in [6.07, 6.45) is 0.718.